The van der Waals surface area contributed by atoms with Crippen LogP contribution < -0.4 is 26.3 Å². The molecule has 0 saturated carbocycles. The predicted octanol–water partition coefficient (Wildman–Crippen LogP) is 3.13. The molecule has 9 nitrogen and oxygen atoms in total. The number of hydrogen-bond donors (Lipinski definition) is 3. The van der Waals surface area contributed by atoms with Gasteiger partial charge in [0.05, 0.1) is 11.9 Å². The van der Waals surface area contributed by atoms with Crippen molar-refractivity contribution in [3.63, 3.8) is 0 Å². The Morgan fingerprint density at radius 3 is 2.50 bits per heavy atom. The van der Waals surface area contributed by atoms with Crippen LogP contribution in [0, 0.1) is 5.92 Å². The minimum absolute atomic E-state index is 0.170. The van der Waals surface area contributed by atoms with Crippen molar-refractivity contribution in [2.75, 3.05) is 38.1 Å². The molecule has 0 aliphatic carbocycles. The SMILES string of the molecule is CC(CC[C@@H](C=O)c1ccc2c(c1)OC1(CCN(C)CC1)O2)CNC=O.CCc1cc(N)cnc1N. The number of carbonyl (C=O) groups is 2. The molecule has 36 heavy (non-hydrogen) atoms. The number of ether oxygens (including phenoxy) is 2. The number of benzene rings is 1. The lowest BCUT2D eigenvalue weighted by molar-refractivity contribution is -0.116. The van der Waals surface area contributed by atoms with Crippen LogP contribution in [0.25, 0.3) is 0 Å². The molecule has 2 aliphatic heterocycles. The number of carbonyl (C=O) groups excluding carboxylic acids is 2. The van der Waals surface area contributed by atoms with Crippen LogP contribution in [0.5, 0.6) is 11.5 Å². The fourth-order valence-electron chi connectivity index (χ4n) is 4.46. The first-order valence-corrected chi connectivity index (χ1v) is 12.6. The molecule has 1 aromatic heterocycles. The Morgan fingerprint density at radius 1 is 1.14 bits per heavy atom. The van der Waals surface area contributed by atoms with E-state index in [0.29, 0.717) is 30.4 Å². The number of hydrogen-bond acceptors (Lipinski definition) is 8. The summed E-state index contributed by atoms with van der Waals surface area (Å²) in [4.78, 5) is 28.2. The van der Waals surface area contributed by atoms with Crippen LogP contribution >= 0.6 is 0 Å². The van der Waals surface area contributed by atoms with Crippen molar-refractivity contribution in [1.82, 2.24) is 15.2 Å². The lowest BCUT2D eigenvalue weighted by Gasteiger charge is -2.35. The van der Waals surface area contributed by atoms with Crippen molar-refractivity contribution in [3.8, 4) is 11.5 Å². The average Bonchev–Trinajstić information content (AvgIpc) is 3.24. The van der Waals surface area contributed by atoms with Gasteiger partial charge in [-0.3, -0.25) is 4.79 Å². The van der Waals surface area contributed by atoms with E-state index in [1.807, 2.05) is 31.2 Å². The molecular weight excluding hydrogens is 458 g/mol. The van der Waals surface area contributed by atoms with Gasteiger partial charge in [0.25, 0.3) is 5.79 Å². The number of rotatable bonds is 9. The molecule has 0 bridgehead atoms. The van der Waals surface area contributed by atoms with Gasteiger partial charge in [-0.05, 0) is 61.6 Å². The van der Waals surface area contributed by atoms with E-state index in [0.717, 1.165) is 74.1 Å². The predicted molar refractivity (Wildman–Crippen MR) is 141 cm³/mol. The topological polar surface area (TPSA) is 133 Å². The number of likely N-dealkylation sites (tertiary alicyclic amines) is 1. The van der Waals surface area contributed by atoms with Gasteiger partial charge in [0, 0.05) is 38.4 Å². The second-order valence-corrected chi connectivity index (χ2v) is 9.74. The van der Waals surface area contributed by atoms with Crippen LogP contribution in [0.4, 0.5) is 11.5 Å². The molecule has 1 spiro atoms. The number of aryl methyl sites for hydroxylation is 1. The van der Waals surface area contributed by atoms with E-state index in [9.17, 15) is 9.59 Å². The number of anilines is 2. The van der Waals surface area contributed by atoms with E-state index in [1.165, 1.54) is 0 Å². The molecule has 0 radical (unpaired) electrons. The standard InChI is InChI=1S/C20H28N2O4.C7H11N3/c1-15(12-21-14-24)3-4-17(13-23)16-5-6-18-19(11-16)26-20(25-18)7-9-22(2)10-8-20;1-2-5-3-6(8)4-10-7(5)9/h5-6,11,13-15,17H,3-4,7-10,12H2,1-2H3,(H,21,24);3-4H,2,8H2,1H3,(H2,9,10)/t15?,17-;/m0./s1. The van der Waals surface area contributed by atoms with Crippen LogP contribution in [0.3, 0.4) is 0 Å². The molecule has 1 unspecified atom stereocenters. The summed E-state index contributed by atoms with van der Waals surface area (Å²) >= 11 is 0. The third kappa shape index (κ3) is 7.10. The fraction of sp³-hybridized carbons (Fsp3) is 0.519. The minimum Gasteiger partial charge on any atom is -0.448 e. The van der Waals surface area contributed by atoms with Gasteiger partial charge in [-0.15, -0.1) is 0 Å². The first-order valence-electron chi connectivity index (χ1n) is 12.6. The highest BCUT2D eigenvalue weighted by molar-refractivity contribution is 5.63. The summed E-state index contributed by atoms with van der Waals surface area (Å²) in [6, 6.07) is 7.69. The fourth-order valence-corrected chi connectivity index (χ4v) is 4.46. The van der Waals surface area contributed by atoms with Crippen molar-refractivity contribution in [1.29, 1.82) is 0 Å². The van der Waals surface area contributed by atoms with Crippen molar-refractivity contribution in [3.05, 3.63) is 41.6 Å². The molecule has 9 heteroatoms. The summed E-state index contributed by atoms with van der Waals surface area (Å²) in [5.41, 5.74) is 13.7. The van der Waals surface area contributed by atoms with Gasteiger partial charge in [-0.25, -0.2) is 4.98 Å². The molecule has 1 fully saturated rings. The Kier molecular flexibility index (Phi) is 9.52. The molecule has 4 rings (SSSR count). The van der Waals surface area contributed by atoms with Crippen LogP contribution in [0.2, 0.25) is 0 Å². The highest BCUT2D eigenvalue weighted by atomic mass is 16.7. The maximum absolute atomic E-state index is 11.6. The second kappa shape index (κ2) is 12.6. The second-order valence-electron chi connectivity index (χ2n) is 9.74. The summed E-state index contributed by atoms with van der Waals surface area (Å²) in [7, 11) is 2.10. The quantitative estimate of drug-likeness (QED) is 0.450. The van der Waals surface area contributed by atoms with E-state index >= 15 is 0 Å². The number of aldehydes is 1. The smallest absolute Gasteiger partial charge is 0.254 e. The van der Waals surface area contributed by atoms with Crippen molar-refractivity contribution < 1.29 is 19.1 Å². The molecule has 196 valence electrons. The van der Waals surface area contributed by atoms with E-state index in [4.69, 9.17) is 20.9 Å². The highest BCUT2D eigenvalue weighted by Gasteiger charge is 2.43. The van der Waals surface area contributed by atoms with Crippen LogP contribution in [0.15, 0.2) is 30.5 Å². The van der Waals surface area contributed by atoms with Crippen molar-refractivity contribution in [2.24, 2.45) is 5.92 Å². The number of amides is 1. The van der Waals surface area contributed by atoms with Gasteiger partial charge >= 0.3 is 0 Å². The number of nitrogens with zero attached hydrogens (tertiary/aromatic N) is 2. The van der Waals surface area contributed by atoms with Gasteiger partial charge < -0.3 is 36.0 Å². The molecule has 1 amide bonds. The number of pyridine rings is 1. The number of nitrogen functional groups attached to an aromatic ring is 2. The molecule has 1 aromatic carbocycles. The molecule has 1 saturated heterocycles. The van der Waals surface area contributed by atoms with Gasteiger partial charge in [-0.2, -0.15) is 0 Å². The first-order chi connectivity index (χ1) is 17.3. The molecule has 3 heterocycles. The van der Waals surface area contributed by atoms with Gasteiger partial charge in [0.2, 0.25) is 6.41 Å². The van der Waals surface area contributed by atoms with Gasteiger partial charge in [0.15, 0.2) is 11.5 Å². The van der Waals surface area contributed by atoms with Crippen molar-refractivity contribution in [2.45, 2.75) is 57.7 Å². The Hall–Kier alpha value is -3.33. The van der Waals surface area contributed by atoms with Gasteiger partial charge in [-0.1, -0.05) is 19.9 Å². The highest BCUT2D eigenvalue weighted by Crippen LogP contribution is 2.45. The lowest BCUT2D eigenvalue weighted by Crippen LogP contribution is -2.48. The molecular formula is C27H39N5O4. The largest absolute Gasteiger partial charge is 0.448 e. The Balaban J connectivity index is 0.000000303. The normalized spacial score (nSPS) is 17.5. The zero-order valence-electron chi connectivity index (χ0n) is 21.5. The molecule has 5 N–H and O–H groups in total. The monoisotopic (exact) mass is 497 g/mol. The maximum atomic E-state index is 11.6. The van der Waals surface area contributed by atoms with Crippen LogP contribution in [-0.4, -0.2) is 55.0 Å². The summed E-state index contributed by atoms with van der Waals surface area (Å²) in [6.07, 6.45) is 7.46. The number of aromatic nitrogens is 1. The summed E-state index contributed by atoms with van der Waals surface area (Å²) in [6.45, 7) is 6.62. The van der Waals surface area contributed by atoms with E-state index < -0.39 is 5.79 Å². The number of nitrogens with one attached hydrogen (secondary N) is 1. The summed E-state index contributed by atoms with van der Waals surface area (Å²) < 4.78 is 12.3. The van der Waals surface area contributed by atoms with E-state index in [1.54, 1.807) is 6.20 Å². The summed E-state index contributed by atoms with van der Waals surface area (Å²) in [5, 5.41) is 2.69. The Morgan fingerprint density at radius 2 is 1.86 bits per heavy atom. The van der Waals surface area contributed by atoms with Crippen LogP contribution in [-0.2, 0) is 16.0 Å². The average molecular weight is 498 g/mol. The third-order valence-electron chi connectivity index (χ3n) is 6.82. The van der Waals surface area contributed by atoms with Crippen molar-refractivity contribution >= 4 is 24.2 Å². The zero-order valence-corrected chi connectivity index (χ0v) is 21.5. The first kappa shape index (κ1) is 27.3. The number of nitrogens with two attached hydrogens (primary N) is 2. The Bertz CT molecular complexity index is 1020. The molecule has 2 aliphatic rings. The van der Waals surface area contributed by atoms with E-state index in [-0.39, 0.29) is 5.92 Å². The van der Waals surface area contributed by atoms with Gasteiger partial charge in [0.1, 0.15) is 12.1 Å². The maximum Gasteiger partial charge on any atom is 0.254 e. The Labute approximate surface area is 213 Å². The lowest BCUT2D eigenvalue weighted by atomic mass is 9.91. The molecule has 2 atom stereocenters. The third-order valence-corrected chi connectivity index (χ3v) is 6.82. The number of fused-ring (bicyclic) bond motifs is 1. The van der Waals surface area contributed by atoms with Crippen LogP contribution in [0.1, 0.15) is 56.6 Å². The zero-order chi connectivity index (χ0) is 26.1. The van der Waals surface area contributed by atoms with E-state index in [2.05, 4.69) is 29.2 Å². The minimum atomic E-state index is -0.543. The molecule has 2 aromatic rings. The summed E-state index contributed by atoms with van der Waals surface area (Å²) in [5.74, 6) is 1.72. The number of piperidine rings is 1.